The second kappa shape index (κ2) is 4.24. The summed E-state index contributed by atoms with van der Waals surface area (Å²) in [6.07, 6.45) is -1.12. The van der Waals surface area contributed by atoms with Crippen molar-refractivity contribution in [3.05, 3.63) is 0 Å². The normalized spacial score (nSPS) is 13.8. The van der Waals surface area contributed by atoms with E-state index in [-0.39, 0.29) is 10.2 Å². The molecule has 0 aliphatic rings. The van der Waals surface area contributed by atoms with Crippen LogP contribution in [0.5, 0.6) is 0 Å². The van der Waals surface area contributed by atoms with E-state index in [1.807, 2.05) is 0 Å². The van der Waals surface area contributed by atoms with Gasteiger partial charge in [-0.25, -0.2) is 0 Å². The molecule has 0 bridgehead atoms. The largest absolute Gasteiger partial charge is 0.481 e. The van der Waals surface area contributed by atoms with Crippen LogP contribution in [-0.4, -0.2) is 26.0 Å². The van der Waals surface area contributed by atoms with Crippen molar-refractivity contribution >= 4 is 37.8 Å². The van der Waals surface area contributed by atoms with Crippen molar-refractivity contribution in [1.82, 2.24) is 0 Å². The fourth-order valence-electron chi connectivity index (χ4n) is 0.268. The summed E-state index contributed by atoms with van der Waals surface area (Å²) in [6.45, 7) is 0. The van der Waals surface area contributed by atoms with Crippen LogP contribution in [0.3, 0.4) is 0 Å². The van der Waals surface area contributed by atoms with E-state index < -0.39 is 12.1 Å². The lowest BCUT2D eigenvalue weighted by atomic mass is 10.3. The van der Waals surface area contributed by atoms with Crippen molar-refractivity contribution in [3.63, 3.8) is 0 Å². The number of aliphatic carboxylic acids is 1. The highest BCUT2D eigenvalue weighted by Gasteiger charge is 2.15. The molecule has 2 N–H and O–H groups in total. The van der Waals surface area contributed by atoms with Gasteiger partial charge in [0.15, 0.2) is 0 Å². The summed E-state index contributed by atoms with van der Waals surface area (Å²) in [4.78, 5) is 9.91. The number of rotatable bonds is 3. The lowest BCUT2D eigenvalue weighted by molar-refractivity contribution is -0.138. The number of hydrogen-bond donors (Lipinski definition) is 2. The van der Waals surface area contributed by atoms with Crippen LogP contribution in [0.4, 0.5) is 0 Å². The Labute approximate surface area is 69.3 Å². The van der Waals surface area contributed by atoms with Gasteiger partial charge >= 0.3 is 5.97 Å². The van der Waals surface area contributed by atoms with Crippen LogP contribution in [0.1, 0.15) is 6.42 Å². The van der Waals surface area contributed by atoms with Crippen LogP contribution >= 0.6 is 31.9 Å². The summed E-state index contributed by atoms with van der Waals surface area (Å²) in [6, 6.07) is 0. The van der Waals surface area contributed by atoms with E-state index >= 15 is 0 Å². The third-order valence-electron chi connectivity index (χ3n) is 0.675. The van der Waals surface area contributed by atoms with E-state index in [1.54, 1.807) is 0 Å². The van der Waals surface area contributed by atoms with E-state index in [0.29, 0.717) is 0 Å². The zero-order chi connectivity index (χ0) is 7.44. The first-order valence-electron chi connectivity index (χ1n) is 2.22. The lowest BCUT2D eigenvalue weighted by Crippen LogP contribution is -2.18. The van der Waals surface area contributed by atoms with Gasteiger partial charge in [-0.3, -0.25) is 4.79 Å². The zero-order valence-electron chi connectivity index (χ0n) is 4.42. The molecule has 0 aromatic rings. The molecule has 0 amide bonds. The highest BCUT2D eigenvalue weighted by molar-refractivity contribution is 9.24. The Balaban J connectivity index is 3.50. The Bertz CT molecular complexity index is 104. The summed E-state index contributed by atoms with van der Waals surface area (Å²) in [5, 5.41) is 17.0. The van der Waals surface area contributed by atoms with Gasteiger partial charge < -0.3 is 10.2 Å². The van der Waals surface area contributed by atoms with E-state index in [4.69, 9.17) is 10.2 Å². The summed E-state index contributed by atoms with van der Waals surface area (Å²) < 4.78 is -0.346. The third kappa shape index (κ3) is 4.87. The highest BCUT2D eigenvalue weighted by Crippen LogP contribution is 2.15. The van der Waals surface area contributed by atoms with Crippen molar-refractivity contribution < 1.29 is 15.0 Å². The van der Waals surface area contributed by atoms with E-state index in [1.165, 1.54) is 0 Å². The highest BCUT2D eigenvalue weighted by atomic mass is 79.9. The number of aliphatic hydroxyl groups excluding tert-OH is 1. The minimum Gasteiger partial charge on any atom is -0.481 e. The maximum atomic E-state index is 9.91. The molecule has 0 saturated heterocycles. The van der Waals surface area contributed by atoms with Crippen molar-refractivity contribution in [2.45, 2.75) is 16.3 Å². The van der Waals surface area contributed by atoms with Crippen molar-refractivity contribution in [2.75, 3.05) is 0 Å². The maximum Gasteiger partial charge on any atom is 0.306 e. The summed E-state index contributed by atoms with van der Waals surface area (Å²) in [7, 11) is 0. The fourth-order valence-corrected chi connectivity index (χ4v) is 0.642. The molecule has 1 atom stereocenters. The predicted molar refractivity (Wildman–Crippen MR) is 39.9 cm³/mol. The molecular formula is C4H6Br2O3. The van der Waals surface area contributed by atoms with Crippen molar-refractivity contribution in [2.24, 2.45) is 0 Å². The number of carbonyl (C=O) groups is 1. The molecule has 0 aromatic heterocycles. The Kier molecular flexibility index (Phi) is 4.43. The molecule has 0 radical (unpaired) electrons. The minimum atomic E-state index is -1.01. The number of hydrogen-bond acceptors (Lipinski definition) is 2. The SMILES string of the molecule is O=C(O)CC(O)C(Br)Br. The van der Waals surface area contributed by atoms with Crippen LogP contribution in [0.2, 0.25) is 0 Å². The lowest BCUT2D eigenvalue weighted by Gasteiger charge is -2.06. The molecule has 3 nitrogen and oxygen atoms in total. The van der Waals surface area contributed by atoms with Gasteiger partial charge in [-0.2, -0.15) is 0 Å². The van der Waals surface area contributed by atoms with Gasteiger partial charge in [-0.05, 0) is 0 Å². The molecular weight excluding hydrogens is 256 g/mol. The zero-order valence-corrected chi connectivity index (χ0v) is 7.59. The van der Waals surface area contributed by atoms with Gasteiger partial charge in [0.25, 0.3) is 0 Å². The summed E-state index contributed by atoms with van der Waals surface area (Å²) >= 11 is 5.94. The summed E-state index contributed by atoms with van der Waals surface area (Å²) in [5.74, 6) is -1.01. The Morgan fingerprint density at radius 1 is 1.56 bits per heavy atom. The van der Waals surface area contributed by atoms with Gasteiger partial charge in [0, 0.05) is 0 Å². The molecule has 0 fully saturated rings. The van der Waals surface area contributed by atoms with Crippen LogP contribution in [-0.2, 0) is 4.79 Å². The van der Waals surface area contributed by atoms with Crippen LogP contribution in [0.25, 0.3) is 0 Å². The molecule has 9 heavy (non-hydrogen) atoms. The molecule has 0 rings (SSSR count). The second-order valence-electron chi connectivity index (χ2n) is 1.50. The molecule has 0 aliphatic heterocycles. The van der Waals surface area contributed by atoms with Gasteiger partial charge in [-0.1, -0.05) is 31.9 Å². The average Bonchev–Trinajstić information content (AvgIpc) is 1.63. The van der Waals surface area contributed by atoms with Crippen molar-refractivity contribution in [3.8, 4) is 0 Å². The standard InChI is InChI=1S/C4H6Br2O3/c5-4(6)2(7)1-3(8)9/h2,4,7H,1H2,(H,8,9). The Morgan fingerprint density at radius 2 is 2.00 bits per heavy atom. The predicted octanol–water partition coefficient (Wildman–Crippen LogP) is 0.938. The maximum absolute atomic E-state index is 9.91. The molecule has 0 aliphatic carbocycles. The number of aliphatic hydroxyl groups is 1. The van der Waals surface area contributed by atoms with Gasteiger partial charge in [0.05, 0.1) is 16.3 Å². The molecule has 5 heteroatoms. The topological polar surface area (TPSA) is 57.5 Å². The first-order chi connectivity index (χ1) is 4.04. The van der Waals surface area contributed by atoms with Crippen LogP contribution in [0.15, 0.2) is 0 Å². The monoisotopic (exact) mass is 260 g/mol. The van der Waals surface area contributed by atoms with E-state index in [0.717, 1.165) is 0 Å². The molecule has 0 aromatic carbocycles. The third-order valence-corrected chi connectivity index (χ3v) is 1.90. The molecule has 0 saturated carbocycles. The van der Waals surface area contributed by atoms with Gasteiger partial charge in [0.2, 0.25) is 0 Å². The quantitative estimate of drug-likeness (QED) is 0.744. The van der Waals surface area contributed by atoms with E-state index in [9.17, 15) is 4.79 Å². The number of alkyl halides is 2. The second-order valence-corrected chi connectivity index (χ2v) is 4.70. The Morgan fingerprint density at radius 3 is 2.11 bits per heavy atom. The first-order valence-corrected chi connectivity index (χ1v) is 4.05. The Hall–Kier alpha value is 0.390. The first kappa shape index (κ1) is 9.39. The molecule has 54 valence electrons. The smallest absolute Gasteiger partial charge is 0.306 e. The van der Waals surface area contributed by atoms with Crippen LogP contribution < -0.4 is 0 Å². The summed E-state index contributed by atoms with van der Waals surface area (Å²) in [5.41, 5.74) is 0. The average molecular weight is 262 g/mol. The van der Waals surface area contributed by atoms with Crippen LogP contribution in [0, 0.1) is 0 Å². The number of carboxylic acid groups (broad SMARTS) is 1. The number of halogens is 2. The molecule has 1 unspecified atom stereocenters. The van der Waals surface area contributed by atoms with E-state index in [2.05, 4.69) is 31.9 Å². The number of carboxylic acids is 1. The molecule has 0 heterocycles. The fraction of sp³-hybridized carbons (Fsp3) is 0.750. The minimum absolute atomic E-state index is 0.249. The van der Waals surface area contributed by atoms with Gasteiger partial charge in [0.1, 0.15) is 0 Å². The van der Waals surface area contributed by atoms with Crippen molar-refractivity contribution in [1.29, 1.82) is 0 Å². The van der Waals surface area contributed by atoms with Gasteiger partial charge in [-0.15, -0.1) is 0 Å². The molecule has 0 spiro atoms.